The first kappa shape index (κ1) is 18.9. The van der Waals surface area contributed by atoms with Crippen molar-refractivity contribution in [2.45, 2.75) is 32.6 Å². The van der Waals surface area contributed by atoms with Crippen molar-refractivity contribution in [3.63, 3.8) is 0 Å². The van der Waals surface area contributed by atoms with Crippen LogP contribution in [-0.4, -0.2) is 19.0 Å². The summed E-state index contributed by atoms with van der Waals surface area (Å²) < 4.78 is 24.4. The summed E-state index contributed by atoms with van der Waals surface area (Å²) in [6.07, 6.45) is 0.588. The van der Waals surface area contributed by atoms with E-state index in [1.54, 1.807) is 0 Å². The van der Waals surface area contributed by atoms with Crippen LogP contribution in [0.15, 0.2) is 60.7 Å². The molecule has 2 aromatic carbocycles. The molecule has 0 spiro atoms. The van der Waals surface area contributed by atoms with E-state index in [2.05, 4.69) is 5.32 Å². The van der Waals surface area contributed by atoms with Crippen molar-refractivity contribution in [3.8, 4) is 0 Å². The van der Waals surface area contributed by atoms with E-state index < -0.39 is 7.60 Å². The molecule has 0 heterocycles. The van der Waals surface area contributed by atoms with E-state index in [-0.39, 0.29) is 5.78 Å². The minimum Gasteiger partial charge on any atom is -0.308 e. The second kappa shape index (κ2) is 9.75. The summed E-state index contributed by atoms with van der Waals surface area (Å²) >= 11 is 0. The van der Waals surface area contributed by atoms with Crippen LogP contribution < -0.4 is 5.32 Å². The van der Waals surface area contributed by atoms with Crippen LogP contribution in [0, 0.1) is 0 Å². The SMILES string of the molecule is CCOP(=O)(OCC)C(Cc1ccccc1)NCc1ccccc1. The predicted molar refractivity (Wildman–Crippen MR) is 98.1 cm³/mol. The topological polar surface area (TPSA) is 47.6 Å². The molecule has 130 valence electrons. The molecule has 1 N–H and O–H groups in total. The van der Waals surface area contributed by atoms with Gasteiger partial charge in [-0.05, 0) is 31.4 Å². The van der Waals surface area contributed by atoms with Crippen LogP contribution in [-0.2, 0) is 26.6 Å². The second-order valence-corrected chi connectivity index (χ2v) is 7.67. The molecule has 1 unspecified atom stereocenters. The third kappa shape index (κ3) is 5.57. The Balaban J connectivity index is 2.17. The average molecular weight is 347 g/mol. The molecular weight excluding hydrogens is 321 g/mol. The lowest BCUT2D eigenvalue weighted by Gasteiger charge is -2.27. The molecule has 0 saturated carbocycles. The van der Waals surface area contributed by atoms with Gasteiger partial charge < -0.3 is 9.05 Å². The molecule has 0 aromatic heterocycles. The van der Waals surface area contributed by atoms with E-state index in [1.807, 2.05) is 74.5 Å². The maximum Gasteiger partial charge on any atom is 0.347 e. The summed E-state index contributed by atoms with van der Waals surface area (Å²) in [5.74, 6) is -0.389. The molecule has 0 aliphatic rings. The second-order valence-electron chi connectivity index (χ2n) is 5.45. The molecule has 0 fully saturated rings. The highest BCUT2D eigenvalue weighted by Crippen LogP contribution is 2.53. The van der Waals surface area contributed by atoms with E-state index in [9.17, 15) is 4.57 Å². The van der Waals surface area contributed by atoms with Gasteiger partial charge in [-0.3, -0.25) is 9.88 Å². The molecule has 1 atom stereocenters. The molecule has 5 heteroatoms. The Kier molecular flexibility index (Phi) is 7.67. The number of benzene rings is 2. The zero-order valence-corrected chi connectivity index (χ0v) is 15.2. The Morgan fingerprint density at radius 3 is 1.88 bits per heavy atom. The first-order valence-electron chi connectivity index (χ1n) is 8.38. The summed E-state index contributed by atoms with van der Waals surface area (Å²) in [4.78, 5) is 0. The van der Waals surface area contributed by atoms with Gasteiger partial charge in [0.05, 0.1) is 13.2 Å². The third-order valence-electron chi connectivity index (χ3n) is 3.66. The van der Waals surface area contributed by atoms with Gasteiger partial charge in [-0.2, -0.15) is 0 Å². The van der Waals surface area contributed by atoms with Gasteiger partial charge in [-0.1, -0.05) is 60.7 Å². The minimum atomic E-state index is -3.24. The fraction of sp³-hybridized carbons (Fsp3) is 0.368. The van der Waals surface area contributed by atoms with Gasteiger partial charge in [-0.25, -0.2) is 0 Å². The van der Waals surface area contributed by atoms with E-state index in [4.69, 9.17) is 9.05 Å². The van der Waals surface area contributed by atoms with Crippen molar-refractivity contribution in [1.29, 1.82) is 0 Å². The molecule has 0 saturated heterocycles. The van der Waals surface area contributed by atoms with E-state index in [0.717, 1.165) is 11.1 Å². The molecule has 2 aromatic rings. The monoisotopic (exact) mass is 347 g/mol. The first-order valence-corrected chi connectivity index (χ1v) is 9.99. The van der Waals surface area contributed by atoms with Crippen molar-refractivity contribution in [2.75, 3.05) is 13.2 Å². The Bertz CT molecular complexity index is 624. The average Bonchev–Trinajstić information content (AvgIpc) is 2.61. The van der Waals surface area contributed by atoms with Gasteiger partial charge in [0, 0.05) is 6.54 Å². The van der Waals surface area contributed by atoms with Gasteiger partial charge in [-0.15, -0.1) is 0 Å². The van der Waals surface area contributed by atoms with Gasteiger partial charge in [0.25, 0.3) is 0 Å². The summed E-state index contributed by atoms with van der Waals surface area (Å²) in [6, 6.07) is 20.0. The van der Waals surface area contributed by atoms with Crippen molar-refractivity contribution in [3.05, 3.63) is 71.8 Å². The van der Waals surface area contributed by atoms with Crippen molar-refractivity contribution in [1.82, 2.24) is 5.32 Å². The van der Waals surface area contributed by atoms with Crippen LogP contribution in [0.25, 0.3) is 0 Å². The first-order chi connectivity index (χ1) is 11.7. The molecular formula is C19H26NO3P. The van der Waals surface area contributed by atoms with Gasteiger partial charge in [0.1, 0.15) is 5.78 Å². The van der Waals surface area contributed by atoms with E-state index in [1.165, 1.54) is 0 Å². The van der Waals surface area contributed by atoms with Gasteiger partial charge in [0.2, 0.25) is 0 Å². The van der Waals surface area contributed by atoms with Crippen LogP contribution in [0.2, 0.25) is 0 Å². The normalized spacial score (nSPS) is 12.9. The molecule has 0 aliphatic carbocycles. The van der Waals surface area contributed by atoms with Gasteiger partial charge in [0.15, 0.2) is 0 Å². The lowest BCUT2D eigenvalue weighted by Crippen LogP contribution is -2.32. The number of hydrogen-bond acceptors (Lipinski definition) is 4. The number of rotatable bonds is 10. The zero-order valence-electron chi connectivity index (χ0n) is 14.4. The molecule has 4 nitrogen and oxygen atoms in total. The maximum absolute atomic E-state index is 13.2. The highest BCUT2D eigenvalue weighted by Gasteiger charge is 2.35. The fourth-order valence-corrected chi connectivity index (χ4v) is 4.45. The van der Waals surface area contributed by atoms with Gasteiger partial charge >= 0.3 is 7.60 Å². The van der Waals surface area contributed by atoms with E-state index in [0.29, 0.717) is 26.2 Å². The Hall–Kier alpha value is -1.45. The quantitative estimate of drug-likeness (QED) is 0.638. The lowest BCUT2D eigenvalue weighted by molar-refractivity contribution is 0.206. The van der Waals surface area contributed by atoms with E-state index >= 15 is 0 Å². The Labute approximate surface area is 144 Å². The third-order valence-corrected chi connectivity index (χ3v) is 6.02. The summed E-state index contributed by atoms with van der Waals surface area (Å²) in [5.41, 5.74) is 2.23. The van der Waals surface area contributed by atoms with Crippen molar-refractivity contribution < 1.29 is 13.6 Å². The largest absolute Gasteiger partial charge is 0.347 e. The highest BCUT2D eigenvalue weighted by molar-refractivity contribution is 7.54. The molecule has 0 bridgehead atoms. The molecule has 0 radical (unpaired) electrons. The summed E-state index contributed by atoms with van der Waals surface area (Å²) in [6.45, 7) is 5.00. The predicted octanol–water partition coefficient (Wildman–Crippen LogP) is 4.61. The molecule has 0 aliphatic heterocycles. The molecule has 0 amide bonds. The lowest BCUT2D eigenvalue weighted by atomic mass is 10.1. The molecule has 2 rings (SSSR count). The van der Waals surface area contributed by atoms with Crippen LogP contribution in [0.3, 0.4) is 0 Å². The Morgan fingerprint density at radius 2 is 1.38 bits per heavy atom. The fourth-order valence-electron chi connectivity index (χ4n) is 2.54. The minimum absolute atomic E-state index is 0.357. The van der Waals surface area contributed by atoms with Crippen LogP contribution in [0.5, 0.6) is 0 Å². The van der Waals surface area contributed by atoms with Crippen LogP contribution >= 0.6 is 7.60 Å². The zero-order chi connectivity index (χ0) is 17.3. The number of nitrogens with one attached hydrogen (secondary N) is 1. The number of hydrogen-bond donors (Lipinski definition) is 1. The van der Waals surface area contributed by atoms with Crippen LogP contribution in [0.4, 0.5) is 0 Å². The Morgan fingerprint density at radius 1 is 0.875 bits per heavy atom. The smallest absolute Gasteiger partial charge is 0.308 e. The standard InChI is InChI=1S/C19H26NO3P/c1-3-22-24(21,23-4-2)19(15-17-11-7-5-8-12-17)20-16-18-13-9-6-10-14-18/h5-14,19-20H,3-4,15-16H2,1-2H3. The summed E-state index contributed by atoms with van der Waals surface area (Å²) in [7, 11) is -3.24. The van der Waals surface area contributed by atoms with Crippen LogP contribution in [0.1, 0.15) is 25.0 Å². The molecule has 24 heavy (non-hydrogen) atoms. The maximum atomic E-state index is 13.2. The summed E-state index contributed by atoms with van der Waals surface area (Å²) in [5, 5.41) is 3.38. The van der Waals surface area contributed by atoms with Crippen molar-refractivity contribution in [2.24, 2.45) is 0 Å². The highest BCUT2D eigenvalue weighted by atomic mass is 31.2. The van der Waals surface area contributed by atoms with Crippen molar-refractivity contribution >= 4 is 7.60 Å².